The summed E-state index contributed by atoms with van der Waals surface area (Å²) in [5, 5.41) is 1.22. The van der Waals surface area contributed by atoms with Gasteiger partial charge in [-0.2, -0.15) is 0 Å². The normalized spacial score (nSPS) is 11.3. The van der Waals surface area contributed by atoms with Crippen LogP contribution in [0.25, 0.3) is 0 Å². The highest BCUT2D eigenvalue weighted by atomic mass is 35.5. The summed E-state index contributed by atoms with van der Waals surface area (Å²) in [6, 6.07) is 4.88. The topological polar surface area (TPSA) is 49.4 Å². The molecule has 4 nitrogen and oxygen atoms in total. The molecule has 0 saturated carbocycles. The lowest BCUT2D eigenvalue weighted by Crippen LogP contribution is -2.56. The van der Waals surface area contributed by atoms with Gasteiger partial charge < -0.3 is 0 Å². The van der Waals surface area contributed by atoms with Gasteiger partial charge in [0.2, 0.25) is 0 Å². The Bertz CT molecular complexity index is 891. The van der Waals surface area contributed by atoms with E-state index in [9.17, 15) is 22.8 Å². The Morgan fingerprint density at radius 1 is 1.00 bits per heavy atom. The number of halogens is 5. The number of hydrazine groups is 1. The van der Waals surface area contributed by atoms with Crippen molar-refractivity contribution in [3.63, 3.8) is 0 Å². The second-order valence-corrected chi connectivity index (χ2v) is 7.46. The van der Waals surface area contributed by atoms with Gasteiger partial charge in [0.1, 0.15) is 23.0 Å². The molecule has 2 aromatic rings. The number of amides is 2. The zero-order valence-electron chi connectivity index (χ0n) is 14.5. The molecular weight excluding hydrogens is 404 g/mol. The van der Waals surface area contributed by atoms with Crippen LogP contribution >= 0.6 is 23.2 Å². The molecule has 0 atom stereocenters. The molecule has 0 aliphatic heterocycles. The molecule has 0 aliphatic rings. The van der Waals surface area contributed by atoms with Crippen LogP contribution in [0, 0.1) is 17.5 Å². The van der Waals surface area contributed by atoms with E-state index in [1.165, 1.54) is 18.2 Å². The van der Waals surface area contributed by atoms with Crippen molar-refractivity contribution in [2.24, 2.45) is 0 Å². The highest BCUT2D eigenvalue weighted by Crippen LogP contribution is 2.25. The van der Waals surface area contributed by atoms with Crippen LogP contribution < -0.4 is 5.43 Å². The summed E-state index contributed by atoms with van der Waals surface area (Å²) >= 11 is 11.8. The molecule has 0 aromatic heterocycles. The molecule has 0 fully saturated rings. The van der Waals surface area contributed by atoms with Gasteiger partial charge in [-0.1, -0.05) is 23.2 Å². The van der Waals surface area contributed by atoms with Gasteiger partial charge in [-0.25, -0.2) is 18.2 Å². The molecule has 0 bridgehead atoms. The van der Waals surface area contributed by atoms with Crippen molar-refractivity contribution in [2.45, 2.75) is 26.3 Å². The monoisotopic (exact) mass is 418 g/mol. The van der Waals surface area contributed by atoms with Gasteiger partial charge in [0.05, 0.1) is 16.1 Å². The third-order valence-electron chi connectivity index (χ3n) is 3.48. The number of hydrogen-bond acceptors (Lipinski definition) is 2. The van der Waals surface area contributed by atoms with Gasteiger partial charge in [0.15, 0.2) is 0 Å². The lowest BCUT2D eigenvalue weighted by molar-refractivity contribution is 0.0355. The van der Waals surface area contributed by atoms with E-state index in [1.54, 1.807) is 20.8 Å². The fourth-order valence-corrected chi connectivity index (χ4v) is 2.71. The van der Waals surface area contributed by atoms with Gasteiger partial charge in [-0.05, 0) is 39.0 Å². The molecule has 1 N–H and O–H groups in total. The summed E-state index contributed by atoms with van der Waals surface area (Å²) in [5.41, 5.74) is 0.193. The Morgan fingerprint density at radius 2 is 1.56 bits per heavy atom. The van der Waals surface area contributed by atoms with Gasteiger partial charge in [0.25, 0.3) is 11.8 Å². The quantitative estimate of drug-likeness (QED) is 0.697. The van der Waals surface area contributed by atoms with Gasteiger partial charge >= 0.3 is 0 Å². The first-order valence-corrected chi connectivity index (χ1v) is 8.42. The molecule has 0 aliphatic carbocycles. The molecule has 0 radical (unpaired) electrons. The summed E-state index contributed by atoms with van der Waals surface area (Å²) in [6.45, 7) is 4.77. The zero-order chi connectivity index (χ0) is 20.5. The van der Waals surface area contributed by atoms with Gasteiger partial charge in [0, 0.05) is 17.2 Å². The van der Waals surface area contributed by atoms with Crippen molar-refractivity contribution < 1.29 is 22.8 Å². The number of nitrogens with one attached hydrogen (secondary N) is 1. The SMILES string of the molecule is CC(C)(C)N(NC(=O)c1c(F)cc(F)cc1F)C(=O)c1ccc(Cl)cc1Cl. The predicted molar refractivity (Wildman–Crippen MR) is 96.2 cm³/mol. The second kappa shape index (κ2) is 7.78. The molecule has 0 unspecified atom stereocenters. The standard InChI is InChI=1S/C18H15Cl2F3N2O2/c1-18(2,3)25(17(27)11-5-4-9(19)6-12(11)20)24-16(26)15-13(22)7-10(21)8-14(15)23/h4-8H,1-3H3,(H,24,26). The van der Waals surface area contributed by atoms with Crippen molar-refractivity contribution in [3.8, 4) is 0 Å². The van der Waals surface area contributed by atoms with E-state index >= 15 is 0 Å². The third-order valence-corrected chi connectivity index (χ3v) is 4.03. The molecule has 0 spiro atoms. The second-order valence-electron chi connectivity index (χ2n) is 6.62. The van der Waals surface area contributed by atoms with E-state index < -0.39 is 40.4 Å². The molecule has 27 heavy (non-hydrogen) atoms. The fraction of sp³-hybridized carbons (Fsp3) is 0.222. The smallest absolute Gasteiger partial charge is 0.267 e. The first-order valence-electron chi connectivity index (χ1n) is 7.67. The number of rotatable bonds is 2. The minimum absolute atomic E-state index is 0.0244. The summed E-state index contributed by atoms with van der Waals surface area (Å²) in [4.78, 5) is 25.2. The van der Waals surface area contributed by atoms with Crippen LogP contribution in [-0.2, 0) is 0 Å². The largest absolute Gasteiger partial charge is 0.275 e. The van der Waals surface area contributed by atoms with Gasteiger partial charge in [-0.15, -0.1) is 0 Å². The lowest BCUT2D eigenvalue weighted by Gasteiger charge is -2.35. The molecular formula is C18H15Cl2F3N2O2. The van der Waals surface area contributed by atoms with Crippen LogP contribution in [0.4, 0.5) is 13.2 Å². The fourth-order valence-electron chi connectivity index (χ4n) is 2.22. The van der Waals surface area contributed by atoms with Crippen LogP contribution in [0.5, 0.6) is 0 Å². The highest BCUT2D eigenvalue weighted by Gasteiger charge is 2.32. The van der Waals surface area contributed by atoms with Gasteiger partial charge in [-0.3, -0.25) is 15.0 Å². The van der Waals surface area contributed by atoms with Crippen LogP contribution in [0.1, 0.15) is 41.5 Å². The van der Waals surface area contributed by atoms with Crippen molar-refractivity contribution in [1.82, 2.24) is 10.4 Å². The maximum Gasteiger partial charge on any atom is 0.275 e. The Morgan fingerprint density at radius 3 is 2.04 bits per heavy atom. The third kappa shape index (κ3) is 4.73. The number of nitrogens with zero attached hydrogens (tertiary/aromatic N) is 1. The van der Waals surface area contributed by atoms with Crippen molar-refractivity contribution >= 4 is 35.0 Å². The number of hydrogen-bond donors (Lipinski definition) is 1. The van der Waals surface area contributed by atoms with Crippen molar-refractivity contribution in [2.75, 3.05) is 0 Å². The Balaban J connectivity index is 2.41. The van der Waals surface area contributed by atoms with E-state index in [0.717, 1.165) is 5.01 Å². The molecule has 2 amide bonds. The van der Waals surface area contributed by atoms with E-state index in [-0.39, 0.29) is 10.6 Å². The lowest BCUT2D eigenvalue weighted by atomic mass is 10.1. The molecule has 2 rings (SSSR count). The average Bonchev–Trinajstić information content (AvgIpc) is 2.49. The van der Waals surface area contributed by atoms with E-state index in [0.29, 0.717) is 17.2 Å². The summed E-state index contributed by atoms with van der Waals surface area (Å²) in [6.07, 6.45) is 0. The molecule has 2 aromatic carbocycles. The van der Waals surface area contributed by atoms with Crippen molar-refractivity contribution in [3.05, 3.63) is 69.0 Å². The summed E-state index contributed by atoms with van der Waals surface area (Å²) < 4.78 is 40.8. The van der Waals surface area contributed by atoms with Crippen LogP contribution in [0.3, 0.4) is 0 Å². The minimum atomic E-state index is -1.39. The first kappa shape index (κ1) is 21.1. The highest BCUT2D eigenvalue weighted by molar-refractivity contribution is 6.36. The zero-order valence-corrected chi connectivity index (χ0v) is 16.1. The average molecular weight is 419 g/mol. The van der Waals surface area contributed by atoms with E-state index in [1.807, 2.05) is 0 Å². The van der Waals surface area contributed by atoms with E-state index in [2.05, 4.69) is 5.43 Å². The maximum absolute atomic E-state index is 13.9. The van der Waals surface area contributed by atoms with E-state index in [4.69, 9.17) is 23.2 Å². The van der Waals surface area contributed by atoms with Crippen LogP contribution in [-0.4, -0.2) is 22.4 Å². The Hall–Kier alpha value is -2.25. The number of carbonyl (C=O) groups is 2. The summed E-state index contributed by atoms with van der Waals surface area (Å²) in [5.74, 6) is -5.93. The minimum Gasteiger partial charge on any atom is -0.267 e. The Labute approximate surface area is 163 Å². The number of benzene rings is 2. The Kier molecular flexibility index (Phi) is 6.07. The summed E-state index contributed by atoms with van der Waals surface area (Å²) in [7, 11) is 0. The van der Waals surface area contributed by atoms with Crippen LogP contribution in [0.2, 0.25) is 10.0 Å². The van der Waals surface area contributed by atoms with Crippen LogP contribution in [0.15, 0.2) is 30.3 Å². The maximum atomic E-state index is 13.9. The first-order chi connectivity index (χ1) is 12.4. The van der Waals surface area contributed by atoms with Crippen molar-refractivity contribution in [1.29, 1.82) is 0 Å². The molecule has 0 heterocycles. The number of carbonyl (C=O) groups excluding carboxylic acids is 2. The molecule has 144 valence electrons. The molecule has 9 heteroatoms. The molecule has 0 saturated heterocycles. The predicted octanol–water partition coefficient (Wildman–Crippen LogP) is 5.00.